The normalized spacial score (nSPS) is 8.91. The first-order chi connectivity index (χ1) is 5.47. The molecule has 2 heteroatoms. The minimum absolute atomic E-state index is 0.956. The predicted octanol–water partition coefficient (Wildman–Crippen LogP) is 3.48. The molecule has 0 bridgehead atoms. The van der Waals surface area contributed by atoms with Crippen LogP contribution in [-0.2, 0) is 0 Å². The smallest absolute Gasteiger partial charge is 0.133 e. The van der Waals surface area contributed by atoms with Gasteiger partial charge in [0.1, 0.15) is 5.58 Å². The van der Waals surface area contributed by atoms with Crippen molar-refractivity contribution in [2.24, 2.45) is 0 Å². The molecular formula is C9H9IO. The molecule has 0 atom stereocenters. The molecule has 58 valence electrons. The molecule has 0 amide bonds. The summed E-state index contributed by atoms with van der Waals surface area (Å²) in [4.78, 5) is 1.97. The van der Waals surface area contributed by atoms with Gasteiger partial charge in [-0.25, -0.2) is 0 Å². The van der Waals surface area contributed by atoms with Crippen molar-refractivity contribution in [1.29, 1.82) is 0 Å². The highest BCUT2D eigenvalue weighted by atomic mass is 127. The summed E-state index contributed by atoms with van der Waals surface area (Å²) >= 11 is 2.15. The SMILES string of the molecule is CI.c1ccc2occc2c1. The molecule has 0 fully saturated rings. The summed E-state index contributed by atoms with van der Waals surface area (Å²) in [6, 6.07) is 9.90. The lowest BCUT2D eigenvalue weighted by molar-refractivity contribution is 0.616. The third-order valence-corrected chi connectivity index (χ3v) is 1.36. The molecule has 0 saturated carbocycles. The minimum Gasteiger partial charge on any atom is -0.464 e. The van der Waals surface area contributed by atoms with Crippen LogP contribution in [0.1, 0.15) is 0 Å². The van der Waals surface area contributed by atoms with Crippen LogP contribution >= 0.6 is 22.6 Å². The highest BCUT2D eigenvalue weighted by Crippen LogP contribution is 2.12. The quantitative estimate of drug-likeness (QED) is 0.522. The maximum atomic E-state index is 5.12. The lowest BCUT2D eigenvalue weighted by atomic mass is 10.3. The fraction of sp³-hybridized carbons (Fsp3) is 0.111. The van der Waals surface area contributed by atoms with Crippen LogP contribution in [0, 0.1) is 0 Å². The third kappa shape index (κ3) is 1.96. The molecule has 0 aliphatic carbocycles. The minimum atomic E-state index is 0.956. The number of hydrogen-bond donors (Lipinski definition) is 0. The summed E-state index contributed by atoms with van der Waals surface area (Å²) in [6.45, 7) is 0. The van der Waals surface area contributed by atoms with Crippen molar-refractivity contribution < 1.29 is 4.42 Å². The maximum absolute atomic E-state index is 5.12. The Balaban J connectivity index is 0.000000281. The Hall–Kier alpha value is -0.510. The van der Waals surface area contributed by atoms with Crippen molar-refractivity contribution in [3.05, 3.63) is 36.6 Å². The van der Waals surface area contributed by atoms with Crippen molar-refractivity contribution in [1.82, 2.24) is 0 Å². The van der Waals surface area contributed by atoms with Gasteiger partial charge >= 0.3 is 0 Å². The largest absolute Gasteiger partial charge is 0.464 e. The van der Waals surface area contributed by atoms with E-state index in [-0.39, 0.29) is 0 Å². The van der Waals surface area contributed by atoms with Crippen molar-refractivity contribution in [2.45, 2.75) is 0 Å². The summed E-state index contributed by atoms with van der Waals surface area (Å²) < 4.78 is 5.12. The highest BCUT2D eigenvalue weighted by molar-refractivity contribution is 14.1. The summed E-state index contributed by atoms with van der Waals surface area (Å²) in [5, 5.41) is 1.16. The molecular weight excluding hydrogens is 251 g/mol. The van der Waals surface area contributed by atoms with Gasteiger partial charge in [-0.3, -0.25) is 0 Å². The van der Waals surface area contributed by atoms with Crippen molar-refractivity contribution >= 4 is 33.6 Å². The number of alkyl halides is 1. The molecule has 0 N–H and O–H groups in total. The highest BCUT2D eigenvalue weighted by Gasteiger charge is 1.89. The molecule has 0 spiro atoms. The first-order valence-electron chi connectivity index (χ1n) is 3.27. The molecule has 1 aromatic heterocycles. The first kappa shape index (κ1) is 8.59. The summed E-state index contributed by atoms with van der Waals surface area (Å²) in [6.07, 6.45) is 1.70. The van der Waals surface area contributed by atoms with Crippen molar-refractivity contribution in [3.8, 4) is 0 Å². The third-order valence-electron chi connectivity index (χ3n) is 1.36. The maximum Gasteiger partial charge on any atom is 0.133 e. The zero-order chi connectivity index (χ0) is 8.10. The molecule has 1 nitrogen and oxygen atoms in total. The average molecular weight is 260 g/mol. The second-order valence-corrected chi connectivity index (χ2v) is 1.96. The lowest BCUT2D eigenvalue weighted by Crippen LogP contribution is -1.57. The number of furan rings is 1. The van der Waals surface area contributed by atoms with E-state index in [4.69, 9.17) is 4.42 Å². The van der Waals surface area contributed by atoms with Crippen LogP contribution in [0.3, 0.4) is 0 Å². The second kappa shape index (κ2) is 4.38. The Morgan fingerprint density at radius 2 is 1.82 bits per heavy atom. The molecule has 0 unspecified atom stereocenters. The van der Waals surface area contributed by atoms with Crippen molar-refractivity contribution in [3.63, 3.8) is 0 Å². The van der Waals surface area contributed by atoms with Gasteiger partial charge in [-0.15, -0.1) is 0 Å². The van der Waals surface area contributed by atoms with Gasteiger partial charge in [0.2, 0.25) is 0 Å². The van der Waals surface area contributed by atoms with E-state index in [1.165, 1.54) is 0 Å². The molecule has 0 saturated heterocycles. The molecule has 0 radical (unpaired) electrons. The van der Waals surface area contributed by atoms with E-state index in [1.54, 1.807) is 6.26 Å². The number of para-hydroxylation sites is 1. The fourth-order valence-electron chi connectivity index (χ4n) is 0.906. The second-order valence-electron chi connectivity index (χ2n) is 1.96. The summed E-state index contributed by atoms with van der Waals surface area (Å²) in [5.41, 5.74) is 0.956. The molecule has 2 rings (SSSR count). The van der Waals surface area contributed by atoms with Crippen LogP contribution < -0.4 is 0 Å². The molecule has 1 heterocycles. The Bertz CT molecular complexity index is 284. The molecule has 1 aromatic carbocycles. The van der Waals surface area contributed by atoms with E-state index >= 15 is 0 Å². The molecule has 11 heavy (non-hydrogen) atoms. The number of fused-ring (bicyclic) bond motifs is 1. The number of rotatable bonds is 0. The van der Waals surface area contributed by atoms with Crippen LogP contribution in [0.15, 0.2) is 41.0 Å². The van der Waals surface area contributed by atoms with E-state index in [0.717, 1.165) is 11.0 Å². The van der Waals surface area contributed by atoms with Gasteiger partial charge in [0.15, 0.2) is 0 Å². The van der Waals surface area contributed by atoms with E-state index in [2.05, 4.69) is 22.6 Å². The predicted molar refractivity (Wildman–Crippen MR) is 56.2 cm³/mol. The van der Waals surface area contributed by atoms with Crippen LogP contribution in [0.5, 0.6) is 0 Å². The molecule has 0 aliphatic rings. The van der Waals surface area contributed by atoms with Crippen molar-refractivity contribution in [2.75, 3.05) is 4.93 Å². The average Bonchev–Trinajstić information content (AvgIpc) is 2.55. The number of benzene rings is 1. The van der Waals surface area contributed by atoms with Crippen LogP contribution in [0.25, 0.3) is 11.0 Å². The van der Waals surface area contributed by atoms with Gasteiger partial charge in [0.25, 0.3) is 0 Å². The van der Waals surface area contributed by atoms with Gasteiger partial charge in [-0.05, 0) is 17.1 Å². The van der Waals surface area contributed by atoms with Crippen LogP contribution in [0.4, 0.5) is 0 Å². The van der Waals surface area contributed by atoms with Gasteiger partial charge in [0.05, 0.1) is 6.26 Å². The molecule has 0 aliphatic heterocycles. The van der Waals surface area contributed by atoms with Gasteiger partial charge in [-0.1, -0.05) is 40.8 Å². The number of halogens is 1. The first-order valence-corrected chi connectivity index (χ1v) is 5.42. The summed E-state index contributed by atoms with van der Waals surface area (Å²) in [7, 11) is 0. The Morgan fingerprint density at radius 1 is 1.09 bits per heavy atom. The topological polar surface area (TPSA) is 13.1 Å². The zero-order valence-corrected chi connectivity index (χ0v) is 8.41. The Morgan fingerprint density at radius 3 is 2.55 bits per heavy atom. The Kier molecular flexibility index (Phi) is 3.42. The molecule has 2 aromatic rings. The van der Waals surface area contributed by atoms with E-state index in [1.807, 2.05) is 35.3 Å². The standard InChI is InChI=1S/C8H6O.CH3I/c1-2-4-8-7(3-1)5-6-9-8;1-2/h1-6H;1H3. The monoisotopic (exact) mass is 260 g/mol. The Labute approximate surface area is 79.5 Å². The summed E-state index contributed by atoms with van der Waals surface area (Å²) in [5.74, 6) is 0. The lowest BCUT2D eigenvalue weighted by Gasteiger charge is -1.81. The van der Waals surface area contributed by atoms with E-state index < -0.39 is 0 Å². The fourth-order valence-corrected chi connectivity index (χ4v) is 0.906. The van der Waals surface area contributed by atoms with Gasteiger partial charge in [-0.2, -0.15) is 0 Å². The van der Waals surface area contributed by atoms with Gasteiger partial charge < -0.3 is 4.42 Å². The van der Waals surface area contributed by atoms with E-state index in [0.29, 0.717) is 0 Å². The van der Waals surface area contributed by atoms with Gasteiger partial charge in [0, 0.05) is 5.39 Å². The van der Waals surface area contributed by atoms with E-state index in [9.17, 15) is 0 Å². The van der Waals surface area contributed by atoms with Crippen LogP contribution in [0.2, 0.25) is 0 Å². The number of hydrogen-bond acceptors (Lipinski definition) is 1. The zero-order valence-electron chi connectivity index (χ0n) is 6.25. The van der Waals surface area contributed by atoms with Crippen LogP contribution in [-0.4, -0.2) is 4.93 Å².